The number of hydrogen-bond acceptors (Lipinski definition) is 4. The first-order valence-electron chi connectivity index (χ1n) is 5.08. The maximum Gasteiger partial charge on any atom is 0.220 e. The molecule has 0 saturated carbocycles. The van der Waals surface area contributed by atoms with Crippen molar-refractivity contribution >= 4 is 22.9 Å². The minimum atomic E-state index is 0.300. The predicted octanol–water partition coefficient (Wildman–Crippen LogP) is 1.57. The highest BCUT2D eigenvalue weighted by molar-refractivity contribution is 5.81. The highest BCUT2D eigenvalue weighted by Gasteiger charge is 1.98. The molecule has 2 aromatic rings. The molecule has 82 valence electrons. The minimum Gasteiger partial charge on any atom is -0.368 e. The Labute approximate surface area is 94.0 Å². The van der Waals surface area contributed by atoms with Crippen LogP contribution in [-0.4, -0.2) is 16.5 Å². The summed E-state index contributed by atoms with van der Waals surface area (Å²) in [4.78, 5) is 8.11. The molecule has 4 N–H and O–H groups in total. The molecule has 0 aliphatic rings. The van der Waals surface area contributed by atoms with Gasteiger partial charge in [-0.25, -0.2) is 9.97 Å². The summed E-state index contributed by atoms with van der Waals surface area (Å²) in [5.41, 5.74) is 14.1. The summed E-state index contributed by atoms with van der Waals surface area (Å²) in [7, 11) is 0. The van der Waals surface area contributed by atoms with Crippen LogP contribution in [0.2, 0.25) is 0 Å². The Bertz CT molecular complexity index is 546. The predicted molar refractivity (Wildman–Crippen MR) is 66.7 cm³/mol. The number of benzene rings is 1. The topological polar surface area (TPSA) is 77.8 Å². The lowest BCUT2D eigenvalue weighted by Crippen LogP contribution is -1.99. The third kappa shape index (κ3) is 2.17. The number of rotatable bonds is 2. The first kappa shape index (κ1) is 10.6. The summed E-state index contributed by atoms with van der Waals surface area (Å²) in [5.74, 6) is 0.300. The van der Waals surface area contributed by atoms with Crippen molar-refractivity contribution in [3.8, 4) is 0 Å². The summed E-state index contributed by atoms with van der Waals surface area (Å²) in [6.07, 6.45) is 3.78. The van der Waals surface area contributed by atoms with Crippen LogP contribution in [0.1, 0.15) is 12.5 Å². The molecule has 16 heavy (non-hydrogen) atoms. The first-order chi connectivity index (χ1) is 7.69. The van der Waals surface area contributed by atoms with E-state index in [1.807, 2.05) is 25.1 Å². The summed E-state index contributed by atoms with van der Waals surface area (Å²) >= 11 is 0. The number of nitrogen functional groups attached to an aromatic ring is 1. The van der Waals surface area contributed by atoms with Gasteiger partial charge in [0.1, 0.15) is 0 Å². The maximum atomic E-state index is 5.54. The molecule has 0 unspecified atom stereocenters. The minimum absolute atomic E-state index is 0.300. The van der Waals surface area contributed by atoms with Gasteiger partial charge in [0, 0.05) is 18.1 Å². The lowest BCUT2D eigenvalue weighted by atomic mass is 10.1. The van der Waals surface area contributed by atoms with Crippen LogP contribution in [0.4, 0.5) is 5.95 Å². The number of nitrogens with two attached hydrogens (primary N) is 2. The van der Waals surface area contributed by atoms with E-state index in [0.29, 0.717) is 12.5 Å². The third-order valence-electron chi connectivity index (χ3n) is 2.36. The monoisotopic (exact) mass is 214 g/mol. The SMILES string of the molecule is CC(=Cc1ccc2nc(N)ncc2c1)CN. The molecule has 4 heteroatoms. The van der Waals surface area contributed by atoms with Crippen molar-refractivity contribution in [3.05, 3.63) is 35.5 Å². The Balaban J connectivity index is 2.48. The van der Waals surface area contributed by atoms with E-state index in [4.69, 9.17) is 11.5 Å². The van der Waals surface area contributed by atoms with E-state index in [9.17, 15) is 0 Å². The second-order valence-corrected chi connectivity index (χ2v) is 3.74. The van der Waals surface area contributed by atoms with Crippen LogP contribution in [0, 0.1) is 0 Å². The van der Waals surface area contributed by atoms with Crippen molar-refractivity contribution < 1.29 is 0 Å². The second-order valence-electron chi connectivity index (χ2n) is 3.74. The van der Waals surface area contributed by atoms with E-state index < -0.39 is 0 Å². The first-order valence-corrected chi connectivity index (χ1v) is 5.08. The molecule has 0 spiro atoms. The van der Waals surface area contributed by atoms with Gasteiger partial charge in [0.2, 0.25) is 5.95 Å². The molecular weight excluding hydrogens is 200 g/mol. The molecule has 0 amide bonds. The summed E-state index contributed by atoms with van der Waals surface area (Å²) in [6, 6.07) is 5.95. The van der Waals surface area contributed by atoms with Crippen molar-refractivity contribution in [3.63, 3.8) is 0 Å². The van der Waals surface area contributed by atoms with Crippen LogP contribution in [0.15, 0.2) is 30.0 Å². The second kappa shape index (κ2) is 4.28. The number of fused-ring (bicyclic) bond motifs is 1. The van der Waals surface area contributed by atoms with Gasteiger partial charge in [-0.1, -0.05) is 17.7 Å². The van der Waals surface area contributed by atoms with E-state index in [1.54, 1.807) is 6.20 Å². The largest absolute Gasteiger partial charge is 0.368 e. The number of nitrogens with zero attached hydrogens (tertiary/aromatic N) is 2. The molecule has 1 aromatic heterocycles. The lowest BCUT2D eigenvalue weighted by Gasteiger charge is -2.01. The zero-order chi connectivity index (χ0) is 11.5. The smallest absolute Gasteiger partial charge is 0.220 e. The van der Waals surface area contributed by atoms with E-state index in [0.717, 1.165) is 22.0 Å². The molecule has 0 aliphatic heterocycles. The van der Waals surface area contributed by atoms with Gasteiger partial charge in [0.15, 0.2) is 0 Å². The molecule has 4 nitrogen and oxygen atoms in total. The van der Waals surface area contributed by atoms with E-state index in [2.05, 4.69) is 16.0 Å². The molecule has 1 heterocycles. The number of anilines is 1. The van der Waals surface area contributed by atoms with Gasteiger partial charge in [0.25, 0.3) is 0 Å². The molecule has 0 atom stereocenters. The molecule has 0 aliphatic carbocycles. The highest BCUT2D eigenvalue weighted by atomic mass is 15.0. The highest BCUT2D eigenvalue weighted by Crippen LogP contribution is 2.15. The van der Waals surface area contributed by atoms with Crippen LogP contribution < -0.4 is 11.5 Å². The standard InChI is InChI=1S/C12H14N4/c1-8(6-13)4-9-2-3-11-10(5-9)7-15-12(14)16-11/h2-5,7H,6,13H2,1H3,(H2,14,15,16). The molecule has 1 aromatic carbocycles. The number of aromatic nitrogens is 2. The fourth-order valence-electron chi connectivity index (χ4n) is 1.50. The van der Waals surface area contributed by atoms with Crippen LogP contribution >= 0.6 is 0 Å². The summed E-state index contributed by atoms with van der Waals surface area (Å²) < 4.78 is 0. The zero-order valence-corrected chi connectivity index (χ0v) is 9.14. The van der Waals surface area contributed by atoms with Crippen molar-refractivity contribution in [2.24, 2.45) is 5.73 Å². The number of hydrogen-bond donors (Lipinski definition) is 2. The van der Waals surface area contributed by atoms with Gasteiger partial charge >= 0.3 is 0 Å². The fraction of sp³-hybridized carbons (Fsp3) is 0.167. The normalized spacial score (nSPS) is 12.0. The van der Waals surface area contributed by atoms with E-state index in [-0.39, 0.29) is 0 Å². The average Bonchev–Trinajstić information content (AvgIpc) is 2.29. The fourth-order valence-corrected chi connectivity index (χ4v) is 1.50. The summed E-state index contributed by atoms with van der Waals surface area (Å²) in [5, 5.41) is 0.979. The van der Waals surface area contributed by atoms with Gasteiger partial charge in [-0.2, -0.15) is 0 Å². The Hall–Kier alpha value is -1.94. The Morgan fingerprint density at radius 3 is 3.00 bits per heavy atom. The van der Waals surface area contributed by atoms with Gasteiger partial charge in [0.05, 0.1) is 5.52 Å². The molecule has 0 radical (unpaired) electrons. The van der Waals surface area contributed by atoms with Crippen LogP contribution in [0.25, 0.3) is 17.0 Å². The summed E-state index contributed by atoms with van der Waals surface area (Å²) in [6.45, 7) is 2.57. The third-order valence-corrected chi connectivity index (χ3v) is 2.36. The van der Waals surface area contributed by atoms with Crippen molar-refractivity contribution in [1.29, 1.82) is 0 Å². The molecule has 0 saturated heterocycles. The van der Waals surface area contributed by atoms with Gasteiger partial charge in [-0.05, 0) is 24.6 Å². The molecular formula is C12H14N4. The van der Waals surface area contributed by atoms with Gasteiger partial charge in [-0.3, -0.25) is 0 Å². The van der Waals surface area contributed by atoms with E-state index >= 15 is 0 Å². The van der Waals surface area contributed by atoms with Gasteiger partial charge in [-0.15, -0.1) is 0 Å². The maximum absolute atomic E-state index is 5.54. The Morgan fingerprint density at radius 1 is 1.44 bits per heavy atom. The van der Waals surface area contributed by atoms with Gasteiger partial charge < -0.3 is 11.5 Å². The van der Waals surface area contributed by atoms with Crippen molar-refractivity contribution in [1.82, 2.24) is 9.97 Å². The quantitative estimate of drug-likeness (QED) is 0.795. The molecule has 0 bridgehead atoms. The molecule has 0 fully saturated rings. The zero-order valence-electron chi connectivity index (χ0n) is 9.14. The molecule has 2 rings (SSSR count). The lowest BCUT2D eigenvalue weighted by molar-refractivity contribution is 1.15. The van der Waals surface area contributed by atoms with Crippen LogP contribution in [0.5, 0.6) is 0 Å². The Morgan fingerprint density at radius 2 is 2.25 bits per heavy atom. The van der Waals surface area contributed by atoms with Crippen LogP contribution in [-0.2, 0) is 0 Å². The average molecular weight is 214 g/mol. The van der Waals surface area contributed by atoms with Crippen molar-refractivity contribution in [2.45, 2.75) is 6.92 Å². The van der Waals surface area contributed by atoms with E-state index in [1.165, 1.54) is 0 Å². The Kier molecular flexibility index (Phi) is 2.83. The van der Waals surface area contributed by atoms with Crippen molar-refractivity contribution in [2.75, 3.05) is 12.3 Å². The van der Waals surface area contributed by atoms with Crippen LogP contribution in [0.3, 0.4) is 0 Å².